The molecule has 0 aliphatic carbocycles. The van der Waals surface area contributed by atoms with Gasteiger partial charge in [0.05, 0.1) is 43.8 Å². The molecule has 8 nitrogen and oxygen atoms in total. The lowest BCUT2D eigenvalue weighted by Gasteiger charge is -2.10. The number of hydrogen-bond donors (Lipinski definition) is 2. The molecular weight excluding hydrogens is 693 g/mol. The van der Waals surface area contributed by atoms with Gasteiger partial charge in [0.25, 0.3) is 11.8 Å². The van der Waals surface area contributed by atoms with Gasteiger partial charge in [0.2, 0.25) is 0 Å². The first kappa shape index (κ1) is 41.5. The SMILES string of the molecule is CCCCCCCCCCCCS(=O)(=O)c1ccc(C2=C3C(=O)NC(c4ccc(S(=O)(=O)CCCCCCCCCCCC)cc4)=C3C(=O)N2)cc1. The van der Waals surface area contributed by atoms with Gasteiger partial charge in [0.15, 0.2) is 19.7 Å². The Morgan fingerprint density at radius 3 is 0.962 bits per heavy atom. The maximum Gasteiger partial charge on any atom is 0.258 e. The maximum absolute atomic E-state index is 13.2. The number of sulfone groups is 2. The average molecular weight is 753 g/mol. The van der Waals surface area contributed by atoms with Crippen molar-refractivity contribution >= 4 is 42.9 Å². The lowest BCUT2D eigenvalue weighted by Crippen LogP contribution is -2.21. The molecule has 4 rings (SSSR count). The van der Waals surface area contributed by atoms with E-state index in [1.54, 1.807) is 24.3 Å². The van der Waals surface area contributed by atoms with Crippen molar-refractivity contribution in [2.45, 2.75) is 152 Å². The summed E-state index contributed by atoms with van der Waals surface area (Å²) in [5.74, 6) is -0.723. The molecule has 2 aliphatic rings. The number of nitrogens with one attached hydrogen (secondary N) is 2. The monoisotopic (exact) mass is 752 g/mol. The zero-order valence-electron chi connectivity index (χ0n) is 31.4. The third kappa shape index (κ3) is 11.9. The Morgan fingerprint density at radius 1 is 0.404 bits per heavy atom. The van der Waals surface area contributed by atoms with Crippen LogP contribution >= 0.6 is 0 Å². The van der Waals surface area contributed by atoms with Gasteiger partial charge in [0.1, 0.15) is 0 Å². The fourth-order valence-electron chi connectivity index (χ4n) is 7.07. The summed E-state index contributed by atoms with van der Waals surface area (Å²) in [7, 11) is -6.91. The van der Waals surface area contributed by atoms with Gasteiger partial charge in [-0.25, -0.2) is 16.8 Å². The van der Waals surface area contributed by atoms with Crippen molar-refractivity contribution in [3.05, 3.63) is 70.8 Å². The van der Waals surface area contributed by atoms with Crippen molar-refractivity contribution in [1.29, 1.82) is 0 Å². The third-order valence-corrected chi connectivity index (χ3v) is 13.9. The number of fused-ring (bicyclic) bond motifs is 1. The molecule has 2 heterocycles. The first-order chi connectivity index (χ1) is 25.1. The van der Waals surface area contributed by atoms with Crippen LogP contribution in [-0.4, -0.2) is 40.2 Å². The summed E-state index contributed by atoms with van der Waals surface area (Å²) >= 11 is 0. The molecule has 286 valence electrons. The Hall–Kier alpha value is -3.24. The second-order valence-electron chi connectivity index (χ2n) is 14.5. The fraction of sp³-hybridized carbons (Fsp3) is 0.571. The van der Waals surface area contributed by atoms with Crippen LogP contribution in [0.15, 0.2) is 69.5 Å². The average Bonchev–Trinajstić information content (AvgIpc) is 3.67. The van der Waals surface area contributed by atoms with Crippen LogP contribution in [-0.2, 0) is 29.3 Å². The number of carbonyl (C=O) groups is 2. The molecule has 2 N–H and O–H groups in total. The molecular formula is C42H60N2O6S2. The third-order valence-electron chi connectivity index (χ3n) is 10.2. The number of carbonyl (C=O) groups excluding carboxylic acids is 2. The van der Waals surface area contributed by atoms with E-state index in [1.165, 1.54) is 101 Å². The van der Waals surface area contributed by atoms with Crippen LogP contribution in [0, 0.1) is 0 Å². The molecule has 0 aromatic heterocycles. The second kappa shape index (κ2) is 20.9. The molecule has 2 aromatic rings. The summed E-state index contributed by atoms with van der Waals surface area (Å²) in [4.78, 5) is 26.8. The Labute approximate surface area is 313 Å². The van der Waals surface area contributed by atoms with Crippen molar-refractivity contribution in [2.24, 2.45) is 0 Å². The molecule has 10 heteroatoms. The van der Waals surface area contributed by atoms with Crippen molar-refractivity contribution in [1.82, 2.24) is 10.6 Å². The van der Waals surface area contributed by atoms with E-state index in [2.05, 4.69) is 24.5 Å². The molecule has 0 radical (unpaired) electrons. The van der Waals surface area contributed by atoms with E-state index in [-0.39, 0.29) is 32.4 Å². The van der Waals surface area contributed by atoms with E-state index in [0.29, 0.717) is 35.4 Å². The molecule has 0 bridgehead atoms. The van der Waals surface area contributed by atoms with Crippen molar-refractivity contribution in [3.63, 3.8) is 0 Å². The van der Waals surface area contributed by atoms with E-state index >= 15 is 0 Å². The van der Waals surface area contributed by atoms with Gasteiger partial charge in [-0.1, -0.05) is 154 Å². The summed E-state index contributed by atoms with van der Waals surface area (Å²) < 4.78 is 52.1. The molecule has 52 heavy (non-hydrogen) atoms. The van der Waals surface area contributed by atoms with E-state index in [0.717, 1.165) is 38.5 Å². The van der Waals surface area contributed by atoms with Gasteiger partial charge < -0.3 is 10.6 Å². The first-order valence-electron chi connectivity index (χ1n) is 19.9. The Morgan fingerprint density at radius 2 is 0.673 bits per heavy atom. The van der Waals surface area contributed by atoms with E-state index in [1.807, 2.05) is 0 Å². The molecule has 0 saturated carbocycles. The van der Waals surface area contributed by atoms with Crippen LogP contribution in [0.4, 0.5) is 0 Å². The minimum absolute atomic E-state index is 0.0889. The largest absolute Gasteiger partial charge is 0.321 e. The molecule has 0 unspecified atom stereocenters. The van der Waals surface area contributed by atoms with Crippen LogP contribution in [0.2, 0.25) is 0 Å². The second-order valence-corrected chi connectivity index (χ2v) is 18.7. The van der Waals surface area contributed by atoms with Crippen LogP contribution < -0.4 is 10.6 Å². The van der Waals surface area contributed by atoms with Crippen molar-refractivity contribution in [3.8, 4) is 0 Å². The zero-order valence-corrected chi connectivity index (χ0v) is 33.1. The molecule has 2 aliphatic heterocycles. The van der Waals surface area contributed by atoms with Gasteiger partial charge in [-0.2, -0.15) is 0 Å². The highest BCUT2D eigenvalue weighted by Crippen LogP contribution is 2.37. The molecule has 0 atom stereocenters. The summed E-state index contributed by atoms with van der Waals surface area (Å²) in [5, 5.41) is 5.60. The van der Waals surface area contributed by atoms with Gasteiger partial charge in [-0.3, -0.25) is 9.59 Å². The molecule has 2 aromatic carbocycles. The lowest BCUT2D eigenvalue weighted by molar-refractivity contribution is -0.117. The number of hydrogen-bond acceptors (Lipinski definition) is 6. The summed E-state index contributed by atoms with van der Waals surface area (Å²) in [6.45, 7) is 4.43. The fourth-order valence-corrected chi connectivity index (χ4v) is 9.81. The standard InChI is InChI=1S/C42H60N2O6S2/c1-3-5-7-9-11-13-15-17-19-21-31-51(47,48)35-27-23-33(24-28-35)39-37-38(42(46)43-39)40(44-41(37)45)34-25-29-36(30-26-34)52(49,50)32-22-20-18-16-14-12-10-8-6-4-2/h23-30H,3-22,31-32H2,1-2H3,(H,43,46)(H,44,45). The smallest absolute Gasteiger partial charge is 0.258 e. The quantitative estimate of drug-likeness (QED) is 0.0923. The van der Waals surface area contributed by atoms with Crippen LogP contribution in [0.3, 0.4) is 0 Å². The lowest BCUT2D eigenvalue weighted by atomic mass is 10.0. The summed E-state index contributed by atoms with van der Waals surface area (Å²) in [5.41, 5.74) is 2.09. The van der Waals surface area contributed by atoms with Crippen LogP contribution in [0.5, 0.6) is 0 Å². The maximum atomic E-state index is 13.2. The van der Waals surface area contributed by atoms with E-state index in [9.17, 15) is 26.4 Å². The zero-order chi connectivity index (χ0) is 37.4. The molecule has 2 amide bonds. The van der Waals surface area contributed by atoms with Crippen molar-refractivity contribution in [2.75, 3.05) is 11.5 Å². The minimum atomic E-state index is -3.46. The highest BCUT2D eigenvalue weighted by atomic mass is 32.2. The normalized spacial score (nSPS) is 14.7. The first-order valence-corrected chi connectivity index (χ1v) is 23.2. The summed E-state index contributed by atoms with van der Waals surface area (Å²) in [6, 6.07) is 12.6. The van der Waals surface area contributed by atoms with Gasteiger partial charge >= 0.3 is 0 Å². The predicted octanol–water partition coefficient (Wildman–Crippen LogP) is 9.46. The van der Waals surface area contributed by atoms with E-state index < -0.39 is 31.5 Å². The van der Waals surface area contributed by atoms with Crippen LogP contribution in [0.25, 0.3) is 11.4 Å². The number of unbranched alkanes of at least 4 members (excludes halogenated alkanes) is 18. The number of amides is 2. The topological polar surface area (TPSA) is 126 Å². The Balaban J connectivity index is 1.31. The molecule has 0 saturated heterocycles. The Kier molecular flexibility index (Phi) is 16.7. The van der Waals surface area contributed by atoms with Crippen molar-refractivity contribution < 1.29 is 26.4 Å². The van der Waals surface area contributed by atoms with Gasteiger partial charge in [0, 0.05) is 0 Å². The van der Waals surface area contributed by atoms with Gasteiger partial charge in [-0.15, -0.1) is 0 Å². The predicted molar refractivity (Wildman–Crippen MR) is 211 cm³/mol. The highest BCUT2D eigenvalue weighted by molar-refractivity contribution is 7.91. The van der Waals surface area contributed by atoms with E-state index in [4.69, 9.17) is 0 Å². The van der Waals surface area contributed by atoms with Crippen LogP contribution in [0.1, 0.15) is 153 Å². The summed E-state index contributed by atoms with van der Waals surface area (Å²) in [6.07, 6.45) is 22.6. The highest BCUT2D eigenvalue weighted by Gasteiger charge is 2.41. The number of benzene rings is 2. The molecule has 0 spiro atoms. The number of rotatable bonds is 26. The van der Waals surface area contributed by atoms with Gasteiger partial charge in [-0.05, 0) is 48.2 Å². The minimum Gasteiger partial charge on any atom is -0.321 e. The molecule has 0 fully saturated rings. The Bertz CT molecular complexity index is 1630.